The van der Waals surface area contributed by atoms with Crippen molar-refractivity contribution in [2.75, 3.05) is 32.0 Å². The van der Waals surface area contributed by atoms with Crippen molar-refractivity contribution in [2.24, 2.45) is 5.92 Å². The molecule has 2 aliphatic heterocycles. The number of halogens is 1. The number of anilines is 1. The molecule has 1 atom stereocenters. The fraction of sp³-hybridized carbons (Fsp3) is 0.586. The number of ether oxygens (including phenoxy) is 2. The molecule has 37 heavy (non-hydrogen) atoms. The quantitative estimate of drug-likeness (QED) is 0.461. The highest BCUT2D eigenvalue weighted by molar-refractivity contribution is 6.00. The minimum atomic E-state index is -0.618. The zero-order chi connectivity index (χ0) is 25.6. The number of benzene rings is 1. The molecule has 6 rings (SSSR count). The average molecular weight is 508 g/mol. The lowest BCUT2D eigenvalue weighted by Crippen LogP contribution is -2.41. The van der Waals surface area contributed by atoms with Crippen LogP contribution < -0.4 is 10.5 Å². The molecule has 2 saturated heterocycles. The van der Waals surface area contributed by atoms with Gasteiger partial charge in [0.2, 0.25) is 0 Å². The molecule has 1 unspecified atom stereocenters. The minimum absolute atomic E-state index is 0.0685. The molecule has 0 bridgehead atoms. The molecule has 198 valence electrons. The van der Waals surface area contributed by atoms with Crippen LogP contribution in [0.3, 0.4) is 0 Å². The Kier molecular flexibility index (Phi) is 6.57. The van der Waals surface area contributed by atoms with Gasteiger partial charge in [-0.2, -0.15) is 0 Å². The van der Waals surface area contributed by atoms with E-state index < -0.39 is 6.17 Å². The largest absolute Gasteiger partial charge is 0.491 e. The molecule has 3 aromatic rings. The van der Waals surface area contributed by atoms with E-state index in [1.807, 2.05) is 12.1 Å². The Morgan fingerprint density at radius 1 is 1.16 bits per heavy atom. The highest BCUT2D eigenvalue weighted by atomic mass is 19.1. The van der Waals surface area contributed by atoms with E-state index in [1.165, 1.54) is 0 Å². The molecule has 4 heterocycles. The van der Waals surface area contributed by atoms with Crippen molar-refractivity contribution in [2.45, 2.75) is 76.3 Å². The molecule has 3 fully saturated rings. The number of nitrogens with zero attached hydrogens (tertiary/aromatic N) is 4. The second kappa shape index (κ2) is 9.87. The number of piperidine rings is 1. The maximum Gasteiger partial charge on any atom is 0.146 e. The topological polar surface area (TPSA) is 78.4 Å². The van der Waals surface area contributed by atoms with Crippen molar-refractivity contribution in [1.82, 2.24) is 19.4 Å². The molecule has 8 heteroatoms. The highest BCUT2D eigenvalue weighted by Crippen LogP contribution is 2.43. The lowest BCUT2D eigenvalue weighted by atomic mass is 9.79. The number of nitrogens with two attached hydrogens (primary N) is 1. The van der Waals surface area contributed by atoms with E-state index in [-0.39, 0.29) is 11.7 Å². The number of likely N-dealkylation sites (tertiary alicyclic amines) is 1. The summed E-state index contributed by atoms with van der Waals surface area (Å²) >= 11 is 0. The molecule has 1 saturated carbocycles. The molecule has 1 aromatic carbocycles. The van der Waals surface area contributed by atoms with Gasteiger partial charge in [0.1, 0.15) is 36.3 Å². The van der Waals surface area contributed by atoms with Crippen LogP contribution in [0.2, 0.25) is 0 Å². The van der Waals surface area contributed by atoms with Gasteiger partial charge in [-0.3, -0.25) is 0 Å². The molecule has 3 aliphatic rings. The second-order valence-corrected chi connectivity index (χ2v) is 11.8. The van der Waals surface area contributed by atoms with E-state index in [9.17, 15) is 4.39 Å². The standard InChI is InChI=1S/C29H38FN5O2/c1-29(2)9-6-24(37-29)17-36-23-5-3-4-20(14-23)25-16-35(28-26(25)27(31)32-18-33-28)22-12-19(13-22)15-34-10-7-21(30)8-11-34/h3-5,14,16,18-19,21-22,24H,6-13,15,17H2,1-2H3,(H2,31,32,33)/t19-,22+,24?. The first kappa shape index (κ1) is 24.6. The summed E-state index contributed by atoms with van der Waals surface area (Å²) in [5, 5.41) is 0.897. The van der Waals surface area contributed by atoms with Crippen molar-refractivity contribution in [3.63, 3.8) is 0 Å². The summed E-state index contributed by atoms with van der Waals surface area (Å²) in [5.74, 6) is 1.96. The van der Waals surface area contributed by atoms with Crippen molar-refractivity contribution in [3.05, 3.63) is 36.8 Å². The SMILES string of the molecule is CC1(C)CCC(COc2cccc(-c3cn([C@H]4C[C@@H](CN5CCC(F)CC5)C4)c4ncnc(N)c34)c2)O1. The fourth-order valence-electron chi connectivity index (χ4n) is 6.27. The number of hydrogen-bond acceptors (Lipinski definition) is 6. The number of rotatable bonds is 7. The first-order valence-electron chi connectivity index (χ1n) is 13.7. The molecule has 0 amide bonds. The molecule has 0 radical (unpaired) electrons. The molecular formula is C29H38FN5O2. The Hall–Kier alpha value is -2.71. The Morgan fingerprint density at radius 2 is 1.97 bits per heavy atom. The van der Waals surface area contributed by atoms with Gasteiger partial charge in [-0.05, 0) is 76.0 Å². The maximum absolute atomic E-state index is 13.5. The van der Waals surface area contributed by atoms with E-state index >= 15 is 0 Å². The zero-order valence-corrected chi connectivity index (χ0v) is 21.9. The van der Waals surface area contributed by atoms with Crippen LogP contribution in [-0.4, -0.2) is 63.6 Å². The van der Waals surface area contributed by atoms with Crippen LogP contribution in [-0.2, 0) is 4.74 Å². The zero-order valence-electron chi connectivity index (χ0n) is 21.9. The van der Waals surface area contributed by atoms with Crippen LogP contribution in [0.1, 0.15) is 58.4 Å². The summed E-state index contributed by atoms with van der Waals surface area (Å²) in [5.41, 5.74) is 9.28. The van der Waals surface area contributed by atoms with Crippen molar-refractivity contribution >= 4 is 16.9 Å². The van der Waals surface area contributed by atoms with Crippen LogP contribution in [0, 0.1) is 5.92 Å². The van der Waals surface area contributed by atoms with Gasteiger partial charge in [0, 0.05) is 37.4 Å². The summed E-state index contributed by atoms with van der Waals surface area (Å²) in [7, 11) is 0. The average Bonchev–Trinajstić information content (AvgIpc) is 3.42. The third-order valence-corrected chi connectivity index (χ3v) is 8.41. The molecule has 7 nitrogen and oxygen atoms in total. The normalized spacial score (nSPS) is 26.4. The van der Waals surface area contributed by atoms with Crippen molar-refractivity contribution < 1.29 is 13.9 Å². The summed E-state index contributed by atoms with van der Waals surface area (Å²) in [6.45, 7) is 7.64. The molecule has 2 aromatic heterocycles. The van der Waals surface area contributed by atoms with Crippen molar-refractivity contribution in [1.29, 1.82) is 0 Å². The van der Waals surface area contributed by atoms with Gasteiger partial charge < -0.3 is 24.7 Å². The van der Waals surface area contributed by atoms with E-state index in [0.717, 1.165) is 73.2 Å². The summed E-state index contributed by atoms with van der Waals surface area (Å²) in [4.78, 5) is 11.4. The van der Waals surface area contributed by atoms with Crippen LogP contribution in [0.15, 0.2) is 36.8 Å². The summed E-state index contributed by atoms with van der Waals surface area (Å²) in [6, 6.07) is 8.56. The predicted octanol–water partition coefficient (Wildman–Crippen LogP) is 5.40. The monoisotopic (exact) mass is 507 g/mol. The Morgan fingerprint density at radius 3 is 2.73 bits per heavy atom. The third-order valence-electron chi connectivity index (χ3n) is 8.41. The third kappa shape index (κ3) is 5.18. The van der Waals surface area contributed by atoms with Gasteiger partial charge in [-0.25, -0.2) is 14.4 Å². The minimum Gasteiger partial charge on any atom is -0.491 e. The maximum atomic E-state index is 13.5. The van der Waals surface area contributed by atoms with E-state index in [2.05, 4.69) is 51.6 Å². The lowest BCUT2D eigenvalue weighted by Gasteiger charge is -2.40. The smallest absolute Gasteiger partial charge is 0.146 e. The van der Waals surface area contributed by atoms with Crippen LogP contribution in [0.4, 0.5) is 10.2 Å². The van der Waals surface area contributed by atoms with Crippen molar-refractivity contribution in [3.8, 4) is 16.9 Å². The van der Waals surface area contributed by atoms with Gasteiger partial charge in [-0.1, -0.05) is 12.1 Å². The molecule has 0 spiro atoms. The number of alkyl halides is 1. The second-order valence-electron chi connectivity index (χ2n) is 11.8. The lowest BCUT2D eigenvalue weighted by molar-refractivity contribution is -0.0326. The van der Waals surface area contributed by atoms with Gasteiger partial charge in [-0.15, -0.1) is 0 Å². The van der Waals surface area contributed by atoms with Gasteiger partial charge in [0.05, 0.1) is 17.1 Å². The predicted molar refractivity (Wildman–Crippen MR) is 143 cm³/mol. The first-order chi connectivity index (χ1) is 17.8. The Labute approximate surface area is 218 Å². The van der Waals surface area contributed by atoms with E-state index in [0.29, 0.717) is 37.2 Å². The Bertz CT molecular complexity index is 1250. The van der Waals surface area contributed by atoms with Gasteiger partial charge in [0.25, 0.3) is 0 Å². The number of nitrogen functional groups attached to an aromatic ring is 1. The number of fused-ring (bicyclic) bond motifs is 1. The Balaban J connectivity index is 1.18. The van der Waals surface area contributed by atoms with Gasteiger partial charge in [0.15, 0.2) is 0 Å². The number of aromatic nitrogens is 3. The van der Waals surface area contributed by atoms with Gasteiger partial charge >= 0.3 is 0 Å². The summed E-state index contributed by atoms with van der Waals surface area (Å²) < 4.78 is 28.0. The van der Waals surface area contributed by atoms with Crippen LogP contribution in [0.5, 0.6) is 5.75 Å². The van der Waals surface area contributed by atoms with E-state index in [1.54, 1.807) is 6.33 Å². The fourth-order valence-corrected chi connectivity index (χ4v) is 6.27. The molecule has 2 N–H and O–H groups in total. The van der Waals surface area contributed by atoms with Crippen LogP contribution in [0.25, 0.3) is 22.2 Å². The molecule has 1 aliphatic carbocycles. The molecular weight excluding hydrogens is 469 g/mol. The van der Waals surface area contributed by atoms with Crippen LogP contribution >= 0.6 is 0 Å². The summed E-state index contributed by atoms with van der Waals surface area (Å²) in [6.07, 6.45) is 8.87. The first-order valence-corrected chi connectivity index (χ1v) is 13.7. The van der Waals surface area contributed by atoms with E-state index in [4.69, 9.17) is 15.2 Å². The highest BCUT2D eigenvalue weighted by Gasteiger charge is 2.35. The number of hydrogen-bond donors (Lipinski definition) is 1.